The zero-order valence-electron chi connectivity index (χ0n) is 20.1. The summed E-state index contributed by atoms with van der Waals surface area (Å²) in [7, 11) is 0. The van der Waals surface area contributed by atoms with Crippen LogP contribution in [0.5, 0.6) is 0 Å². The SMILES string of the molecule is CCNC(=O)c1ccc2c(C3CCN(CC4(O)C5CC6CC(C5)CC4C6)CC3)c(C)nn2c1. The van der Waals surface area contributed by atoms with Crippen LogP contribution in [0.2, 0.25) is 0 Å². The molecule has 1 saturated heterocycles. The first-order valence-electron chi connectivity index (χ1n) is 13.2. The Labute approximate surface area is 196 Å². The molecule has 1 aliphatic heterocycles. The van der Waals surface area contributed by atoms with Crippen LogP contribution in [0, 0.1) is 30.6 Å². The van der Waals surface area contributed by atoms with Crippen molar-refractivity contribution in [3.63, 3.8) is 0 Å². The van der Waals surface area contributed by atoms with Crippen molar-refractivity contribution in [2.75, 3.05) is 26.2 Å². The molecule has 4 bridgehead atoms. The summed E-state index contributed by atoms with van der Waals surface area (Å²) in [5.41, 5.74) is 3.73. The van der Waals surface area contributed by atoms with Crippen LogP contribution >= 0.6 is 0 Å². The summed E-state index contributed by atoms with van der Waals surface area (Å²) in [4.78, 5) is 14.8. The van der Waals surface area contributed by atoms with Crippen LogP contribution in [-0.4, -0.2) is 57.3 Å². The summed E-state index contributed by atoms with van der Waals surface area (Å²) in [6.07, 6.45) is 10.6. The van der Waals surface area contributed by atoms with E-state index in [4.69, 9.17) is 5.10 Å². The zero-order chi connectivity index (χ0) is 22.7. The van der Waals surface area contributed by atoms with Crippen molar-refractivity contribution in [1.29, 1.82) is 0 Å². The smallest absolute Gasteiger partial charge is 0.252 e. The minimum absolute atomic E-state index is 0.0508. The third kappa shape index (κ3) is 3.61. The summed E-state index contributed by atoms with van der Waals surface area (Å²) in [6, 6.07) is 3.98. The van der Waals surface area contributed by atoms with Crippen molar-refractivity contribution in [3.05, 3.63) is 35.2 Å². The number of amides is 1. The van der Waals surface area contributed by atoms with E-state index in [-0.39, 0.29) is 5.91 Å². The molecule has 7 rings (SSSR count). The summed E-state index contributed by atoms with van der Waals surface area (Å²) in [5.74, 6) is 3.29. The molecule has 6 heteroatoms. The van der Waals surface area contributed by atoms with Crippen LogP contribution in [0.4, 0.5) is 0 Å². The molecule has 0 spiro atoms. The molecular weight excluding hydrogens is 412 g/mol. The number of carbonyl (C=O) groups is 1. The molecule has 4 saturated carbocycles. The van der Waals surface area contributed by atoms with Gasteiger partial charge in [0.2, 0.25) is 0 Å². The second-order valence-corrected chi connectivity index (χ2v) is 11.5. The molecule has 3 heterocycles. The van der Waals surface area contributed by atoms with Crippen LogP contribution < -0.4 is 5.32 Å². The lowest BCUT2D eigenvalue weighted by molar-refractivity contribution is -0.183. The monoisotopic (exact) mass is 450 g/mol. The van der Waals surface area contributed by atoms with Gasteiger partial charge in [-0.15, -0.1) is 0 Å². The Bertz CT molecular complexity index is 1020. The Balaban J connectivity index is 1.15. The predicted molar refractivity (Wildman–Crippen MR) is 128 cm³/mol. The number of pyridine rings is 1. The van der Waals surface area contributed by atoms with Gasteiger partial charge in [-0.25, -0.2) is 4.52 Å². The maximum atomic E-state index is 12.2. The van der Waals surface area contributed by atoms with Gasteiger partial charge in [-0.1, -0.05) is 0 Å². The Kier molecular flexibility index (Phi) is 5.29. The zero-order valence-corrected chi connectivity index (χ0v) is 20.1. The average Bonchev–Trinajstić information content (AvgIpc) is 3.13. The lowest BCUT2D eigenvalue weighted by atomic mass is 9.49. The number of likely N-dealkylation sites (tertiary alicyclic amines) is 1. The van der Waals surface area contributed by atoms with Crippen LogP contribution in [0.3, 0.4) is 0 Å². The number of piperidine rings is 1. The Morgan fingerprint density at radius 1 is 1.12 bits per heavy atom. The average molecular weight is 451 g/mol. The van der Waals surface area contributed by atoms with Gasteiger partial charge in [0, 0.05) is 24.8 Å². The van der Waals surface area contributed by atoms with Gasteiger partial charge in [0.25, 0.3) is 5.91 Å². The molecule has 6 nitrogen and oxygen atoms in total. The molecule has 1 amide bonds. The number of aryl methyl sites for hydroxylation is 1. The van der Waals surface area contributed by atoms with Gasteiger partial charge in [0.1, 0.15) is 0 Å². The molecule has 0 aromatic carbocycles. The molecule has 5 aliphatic rings. The van der Waals surface area contributed by atoms with Crippen molar-refractivity contribution in [2.45, 2.75) is 70.3 Å². The van der Waals surface area contributed by atoms with Gasteiger partial charge in [0.05, 0.1) is 22.4 Å². The maximum Gasteiger partial charge on any atom is 0.252 e. The number of carbonyl (C=O) groups excluding carboxylic acids is 1. The Hall–Kier alpha value is -1.92. The summed E-state index contributed by atoms with van der Waals surface area (Å²) in [5, 5.41) is 19.4. The molecule has 0 radical (unpaired) electrons. The van der Waals surface area contributed by atoms with Crippen LogP contribution in [0.15, 0.2) is 18.3 Å². The van der Waals surface area contributed by atoms with Crippen LogP contribution in [0.25, 0.3) is 5.52 Å². The van der Waals surface area contributed by atoms with Gasteiger partial charge >= 0.3 is 0 Å². The molecule has 2 aromatic heterocycles. The fraction of sp³-hybridized carbons (Fsp3) is 0.704. The Morgan fingerprint density at radius 3 is 2.42 bits per heavy atom. The van der Waals surface area contributed by atoms with E-state index in [1.807, 2.05) is 23.7 Å². The van der Waals surface area contributed by atoms with Gasteiger partial charge in [0.15, 0.2) is 0 Å². The molecule has 5 fully saturated rings. The van der Waals surface area contributed by atoms with Crippen LogP contribution in [0.1, 0.15) is 79.4 Å². The topological polar surface area (TPSA) is 69.9 Å². The third-order valence-electron chi connectivity index (χ3n) is 9.48. The first-order valence-corrected chi connectivity index (χ1v) is 13.2. The number of hydrogen-bond acceptors (Lipinski definition) is 4. The fourth-order valence-corrected chi connectivity index (χ4v) is 8.08. The summed E-state index contributed by atoms with van der Waals surface area (Å²) < 4.78 is 1.89. The van der Waals surface area contributed by atoms with Gasteiger partial charge in [-0.2, -0.15) is 5.10 Å². The van der Waals surface area contributed by atoms with Crippen molar-refractivity contribution >= 4 is 11.4 Å². The second kappa shape index (κ2) is 8.09. The molecular formula is C27H38N4O2. The first-order chi connectivity index (χ1) is 15.9. The van der Waals surface area contributed by atoms with E-state index < -0.39 is 5.60 Å². The lowest BCUT2D eigenvalue weighted by Gasteiger charge is -2.60. The molecule has 0 atom stereocenters. The number of nitrogens with zero attached hydrogens (tertiary/aromatic N) is 3. The van der Waals surface area contributed by atoms with Crippen molar-refractivity contribution in [2.24, 2.45) is 23.7 Å². The van der Waals surface area contributed by atoms with E-state index in [0.29, 0.717) is 29.9 Å². The molecule has 4 aliphatic carbocycles. The van der Waals surface area contributed by atoms with Gasteiger partial charge < -0.3 is 15.3 Å². The number of aliphatic hydroxyl groups is 1. The van der Waals surface area contributed by atoms with Gasteiger partial charge in [-0.3, -0.25) is 4.79 Å². The number of nitrogens with one attached hydrogen (secondary N) is 1. The highest BCUT2D eigenvalue weighted by Gasteiger charge is 2.56. The highest BCUT2D eigenvalue weighted by atomic mass is 16.3. The van der Waals surface area contributed by atoms with E-state index in [1.165, 1.54) is 37.7 Å². The number of aromatic nitrogens is 2. The van der Waals surface area contributed by atoms with Crippen LogP contribution in [-0.2, 0) is 0 Å². The normalized spacial score (nSPS) is 34.3. The minimum Gasteiger partial charge on any atom is -0.388 e. The maximum absolute atomic E-state index is 12.2. The van der Waals surface area contributed by atoms with E-state index in [0.717, 1.165) is 55.5 Å². The number of β-amino-alcohol motifs (C(OH)–C–C–N with tert-alkyl or cyclic N) is 1. The predicted octanol–water partition coefficient (Wildman–Crippen LogP) is 3.76. The number of fused-ring (bicyclic) bond motifs is 1. The number of rotatable bonds is 5. The highest BCUT2D eigenvalue weighted by molar-refractivity contribution is 5.94. The first kappa shape index (κ1) is 21.6. The summed E-state index contributed by atoms with van der Waals surface area (Å²) >= 11 is 0. The largest absolute Gasteiger partial charge is 0.388 e. The van der Waals surface area contributed by atoms with Crippen molar-refractivity contribution in [3.8, 4) is 0 Å². The molecule has 2 N–H and O–H groups in total. The highest BCUT2D eigenvalue weighted by Crippen LogP contribution is 2.58. The molecule has 2 aromatic rings. The van der Waals surface area contributed by atoms with E-state index in [1.54, 1.807) is 0 Å². The molecule has 0 unspecified atom stereocenters. The quantitative estimate of drug-likeness (QED) is 0.728. The fourth-order valence-electron chi connectivity index (χ4n) is 8.08. The lowest BCUT2D eigenvalue weighted by Crippen LogP contribution is -2.62. The molecule has 33 heavy (non-hydrogen) atoms. The standard InChI is InChI=1S/C27H38N4O2/c1-3-28-26(32)21-4-5-24-25(17(2)29-31(24)15-21)20-6-8-30(9-7-20)16-27(33)22-11-18-10-19(13-22)14-23(27)12-18/h4-5,15,18-20,22-23,33H,3,6-14,16H2,1-2H3,(H,28,32). The number of hydrogen-bond donors (Lipinski definition) is 2. The van der Waals surface area contributed by atoms with E-state index in [2.05, 4.69) is 23.2 Å². The molecule has 178 valence electrons. The van der Waals surface area contributed by atoms with Crippen molar-refractivity contribution < 1.29 is 9.90 Å². The third-order valence-corrected chi connectivity index (χ3v) is 9.48. The second-order valence-electron chi connectivity index (χ2n) is 11.5. The Morgan fingerprint density at radius 2 is 1.79 bits per heavy atom. The van der Waals surface area contributed by atoms with E-state index >= 15 is 0 Å². The summed E-state index contributed by atoms with van der Waals surface area (Å²) in [6.45, 7) is 7.62. The van der Waals surface area contributed by atoms with E-state index in [9.17, 15) is 9.90 Å². The minimum atomic E-state index is -0.448. The van der Waals surface area contributed by atoms with Gasteiger partial charge in [-0.05, 0) is 114 Å². The van der Waals surface area contributed by atoms with Crippen molar-refractivity contribution in [1.82, 2.24) is 19.8 Å².